The number of rotatable bonds is 12. The molecule has 1 aromatic heterocycles. The second-order valence-corrected chi connectivity index (χ2v) is 5.18. The summed E-state index contributed by atoms with van der Waals surface area (Å²) in [6, 6.07) is 1.86. The van der Waals surface area contributed by atoms with Gasteiger partial charge in [-0.1, -0.05) is 0 Å². The molecule has 0 saturated heterocycles. The van der Waals surface area contributed by atoms with Crippen LogP contribution in [0.4, 0.5) is 0 Å². The molecule has 1 atom stereocenters. The number of aromatic nitrogens is 1. The quantitative estimate of drug-likeness (QED) is 0.491. The molecule has 1 aliphatic heterocycles. The van der Waals surface area contributed by atoms with Crippen LogP contribution in [-0.2, 0) is 23.7 Å². The summed E-state index contributed by atoms with van der Waals surface area (Å²) in [6.07, 6.45) is 0. The summed E-state index contributed by atoms with van der Waals surface area (Å²) in [6.45, 7) is 2.45. The fourth-order valence-corrected chi connectivity index (χ4v) is 1.97. The monoisotopic (exact) mass is 370 g/mol. The lowest BCUT2D eigenvalue weighted by Gasteiger charge is -2.09. The minimum Gasteiger partial charge on any atom is -0.505 e. The van der Waals surface area contributed by atoms with Gasteiger partial charge >= 0.3 is 5.97 Å². The summed E-state index contributed by atoms with van der Waals surface area (Å²) >= 11 is 0. The molecular weight excluding hydrogens is 348 g/mol. The molecule has 0 radical (unpaired) electrons. The number of carboxylic acid groups (broad SMARTS) is 1. The number of carbonyl (C=O) groups is 1. The molecule has 0 bridgehead atoms. The third kappa shape index (κ3) is 6.14. The molecular formula is C16H22N2O8. The molecule has 10 nitrogen and oxygen atoms in total. The van der Waals surface area contributed by atoms with E-state index in [-0.39, 0.29) is 36.4 Å². The number of hydrogen-bond acceptors (Lipinski definition) is 9. The number of aromatic hydroxyl groups is 1. The lowest BCUT2D eigenvalue weighted by molar-refractivity contribution is -0.138. The molecule has 0 fully saturated rings. The van der Waals surface area contributed by atoms with Crippen molar-refractivity contribution in [2.45, 2.75) is 6.04 Å². The van der Waals surface area contributed by atoms with E-state index in [2.05, 4.69) is 9.98 Å². The van der Waals surface area contributed by atoms with Crippen LogP contribution in [0.25, 0.3) is 0 Å². The maximum absolute atomic E-state index is 10.9. The molecule has 2 rings (SSSR count). The average Bonchev–Trinajstić information content (AvgIpc) is 3.12. The van der Waals surface area contributed by atoms with Crippen molar-refractivity contribution < 1.29 is 38.7 Å². The van der Waals surface area contributed by atoms with Crippen LogP contribution in [0, 0.1) is 0 Å². The highest BCUT2D eigenvalue weighted by molar-refractivity contribution is 5.98. The second kappa shape index (κ2) is 10.5. The van der Waals surface area contributed by atoms with Crippen molar-refractivity contribution in [3.63, 3.8) is 0 Å². The van der Waals surface area contributed by atoms with Gasteiger partial charge in [0.2, 0.25) is 11.8 Å². The number of methoxy groups -OCH3 is 1. The van der Waals surface area contributed by atoms with Crippen molar-refractivity contribution in [2.24, 2.45) is 4.99 Å². The van der Waals surface area contributed by atoms with Gasteiger partial charge in [-0.25, -0.2) is 14.8 Å². The van der Waals surface area contributed by atoms with Crippen molar-refractivity contribution >= 4 is 11.9 Å². The number of nitrogens with zero attached hydrogens (tertiary/aromatic N) is 2. The summed E-state index contributed by atoms with van der Waals surface area (Å²) in [4.78, 5) is 18.9. The van der Waals surface area contributed by atoms with Gasteiger partial charge in [-0.15, -0.1) is 0 Å². The van der Waals surface area contributed by atoms with E-state index in [0.717, 1.165) is 0 Å². The van der Waals surface area contributed by atoms with Gasteiger partial charge in [0, 0.05) is 13.2 Å². The fourth-order valence-electron chi connectivity index (χ4n) is 1.97. The van der Waals surface area contributed by atoms with Crippen LogP contribution in [0.2, 0.25) is 0 Å². The Hall–Kier alpha value is -2.43. The van der Waals surface area contributed by atoms with E-state index in [1.54, 1.807) is 7.11 Å². The smallest absolute Gasteiger partial charge is 0.332 e. The summed E-state index contributed by atoms with van der Waals surface area (Å²) < 4.78 is 26.1. The summed E-state index contributed by atoms with van der Waals surface area (Å²) in [5.41, 5.74) is 0.0405. The van der Waals surface area contributed by atoms with Gasteiger partial charge in [0.25, 0.3) is 0 Å². The Bertz CT molecular complexity index is 622. The van der Waals surface area contributed by atoms with Gasteiger partial charge in [0.05, 0.1) is 33.0 Å². The molecule has 26 heavy (non-hydrogen) atoms. The van der Waals surface area contributed by atoms with E-state index in [1.165, 1.54) is 12.1 Å². The topological polar surface area (TPSA) is 129 Å². The van der Waals surface area contributed by atoms with Gasteiger partial charge in [-0.2, -0.15) is 0 Å². The molecule has 0 amide bonds. The summed E-state index contributed by atoms with van der Waals surface area (Å²) in [7, 11) is 1.61. The largest absolute Gasteiger partial charge is 0.505 e. The number of carboxylic acids is 1. The zero-order valence-electron chi connectivity index (χ0n) is 14.4. The first-order valence-corrected chi connectivity index (χ1v) is 8.03. The molecule has 2 N–H and O–H groups in total. The Morgan fingerprint density at radius 1 is 1.19 bits per heavy atom. The molecule has 0 saturated carbocycles. The number of ether oxygens (including phenoxy) is 5. The van der Waals surface area contributed by atoms with Crippen molar-refractivity contribution in [2.75, 3.05) is 53.4 Å². The predicted octanol–water partition coefficient (Wildman–Crippen LogP) is 0.0756. The molecule has 10 heteroatoms. The third-order valence-corrected chi connectivity index (χ3v) is 3.27. The van der Waals surface area contributed by atoms with Gasteiger partial charge in [0.15, 0.2) is 11.7 Å². The number of hydrogen-bond donors (Lipinski definition) is 2. The molecule has 1 aliphatic rings. The molecule has 0 unspecified atom stereocenters. The van der Waals surface area contributed by atoms with Crippen molar-refractivity contribution in [1.29, 1.82) is 0 Å². The van der Waals surface area contributed by atoms with Gasteiger partial charge in [0.1, 0.15) is 19.0 Å². The van der Waals surface area contributed by atoms with E-state index in [0.29, 0.717) is 33.0 Å². The molecule has 0 aliphatic carbocycles. The zero-order chi connectivity index (χ0) is 18.8. The highest BCUT2D eigenvalue weighted by Crippen LogP contribution is 2.22. The molecule has 2 heterocycles. The number of pyridine rings is 1. The summed E-state index contributed by atoms with van der Waals surface area (Å²) in [5.74, 6) is -1.06. The molecule has 144 valence electrons. The van der Waals surface area contributed by atoms with E-state index in [1.807, 2.05) is 0 Å². The lowest BCUT2D eigenvalue weighted by Crippen LogP contribution is -2.18. The maximum Gasteiger partial charge on any atom is 0.332 e. The third-order valence-electron chi connectivity index (χ3n) is 3.27. The molecule has 1 aromatic rings. The minimum atomic E-state index is -1.10. The number of aliphatic imine (C=N–C) groups is 1. The Morgan fingerprint density at radius 3 is 2.54 bits per heavy atom. The van der Waals surface area contributed by atoms with Gasteiger partial charge < -0.3 is 33.9 Å². The highest BCUT2D eigenvalue weighted by atomic mass is 16.6. The van der Waals surface area contributed by atoms with Crippen LogP contribution in [0.3, 0.4) is 0 Å². The SMILES string of the molecule is COCCOCCOCCOc1ccc(O)c(C2=N[C@@H](C(=O)O)CO2)n1. The lowest BCUT2D eigenvalue weighted by atomic mass is 10.3. The Balaban J connectivity index is 1.76. The van der Waals surface area contributed by atoms with E-state index < -0.39 is 12.0 Å². The average molecular weight is 370 g/mol. The number of aliphatic carboxylic acids is 1. The van der Waals surface area contributed by atoms with Crippen LogP contribution in [-0.4, -0.2) is 86.5 Å². The second-order valence-electron chi connectivity index (χ2n) is 5.18. The van der Waals surface area contributed by atoms with Crippen LogP contribution >= 0.6 is 0 Å². The maximum atomic E-state index is 10.9. The predicted molar refractivity (Wildman–Crippen MR) is 88.8 cm³/mol. The molecule has 0 aromatic carbocycles. The van der Waals surface area contributed by atoms with Crippen LogP contribution in [0.15, 0.2) is 17.1 Å². The van der Waals surface area contributed by atoms with Gasteiger partial charge in [-0.3, -0.25) is 0 Å². The van der Waals surface area contributed by atoms with Gasteiger partial charge in [-0.05, 0) is 6.07 Å². The highest BCUT2D eigenvalue weighted by Gasteiger charge is 2.28. The van der Waals surface area contributed by atoms with Crippen LogP contribution < -0.4 is 4.74 Å². The first kappa shape index (κ1) is 19.9. The Morgan fingerprint density at radius 2 is 1.88 bits per heavy atom. The first-order valence-electron chi connectivity index (χ1n) is 8.03. The van der Waals surface area contributed by atoms with E-state index in [4.69, 9.17) is 28.8 Å². The van der Waals surface area contributed by atoms with Crippen molar-refractivity contribution in [3.8, 4) is 11.6 Å². The minimum absolute atomic E-state index is 0.0233. The standard InChI is InChI=1S/C16H22N2O8/c1-22-4-5-23-6-7-24-8-9-25-13-3-2-12(19)14(18-13)15-17-11(10-26-15)16(20)21/h2-3,11,19H,4-10H2,1H3,(H,20,21)/t11-/m1/s1. The van der Waals surface area contributed by atoms with Crippen molar-refractivity contribution in [1.82, 2.24) is 4.98 Å². The van der Waals surface area contributed by atoms with Crippen LogP contribution in [0.5, 0.6) is 11.6 Å². The molecule has 0 spiro atoms. The van der Waals surface area contributed by atoms with Crippen molar-refractivity contribution in [3.05, 3.63) is 17.8 Å². The van der Waals surface area contributed by atoms with E-state index in [9.17, 15) is 9.90 Å². The first-order chi connectivity index (χ1) is 12.6. The summed E-state index contributed by atoms with van der Waals surface area (Å²) in [5, 5.41) is 18.8. The Labute approximate surface area is 150 Å². The fraction of sp³-hybridized carbons (Fsp3) is 0.562. The van der Waals surface area contributed by atoms with Crippen LogP contribution in [0.1, 0.15) is 5.69 Å². The zero-order valence-corrected chi connectivity index (χ0v) is 14.4. The normalized spacial score (nSPS) is 16.2. The Kier molecular flexibility index (Phi) is 8.06. The van der Waals surface area contributed by atoms with E-state index >= 15 is 0 Å².